The molecule has 0 saturated heterocycles. The highest BCUT2D eigenvalue weighted by atomic mass is 79.9. The van der Waals surface area contributed by atoms with Gasteiger partial charge in [0.05, 0.1) is 5.56 Å². The van der Waals surface area contributed by atoms with E-state index in [0.717, 1.165) is 0 Å². The van der Waals surface area contributed by atoms with Crippen LogP contribution in [0.25, 0.3) is 0 Å². The van der Waals surface area contributed by atoms with Gasteiger partial charge in [-0.25, -0.2) is 8.78 Å². The van der Waals surface area contributed by atoms with Gasteiger partial charge in [-0.05, 0) is 15.9 Å². The van der Waals surface area contributed by atoms with E-state index in [9.17, 15) is 22.0 Å². The molecule has 0 aliphatic carbocycles. The molecule has 0 fully saturated rings. The summed E-state index contributed by atoms with van der Waals surface area (Å²) in [5.41, 5.74) is 4.40. The molecule has 2 N–H and O–H groups in total. The lowest BCUT2D eigenvalue weighted by molar-refractivity contribution is -0.276. The van der Waals surface area contributed by atoms with E-state index in [-0.39, 0.29) is 4.47 Å². The van der Waals surface area contributed by atoms with Crippen molar-refractivity contribution < 1.29 is 26.7 Å². The van der Waals surface area contributed by atoms with Crippen LogP contribution in [0, 0.1) is 0 Å². The van der Waals surface area contributed by atoms with Gasteiger partial charge in [0.25, 0.3) is 6.43 Å². The van der Waals surface area contributed by atoms with Gasteiger partial charge in [-0.1, -0.05) is 0 Å². The van der Waals surface area contributed by atoms with E-state index in [1.165, 1.54) is 0 Å². The molecular weight excluding hydrogens is 303 g/mol. The summed E-state index contributed by atoms with van der Waals surface area (Å²) in [6.07, 6.45) is -7.90. The maximum atomic E-state index is 12.3. The molecule has 90 valence electrons. The summed E-state index contributed by atoms with van der Waals surface area (Å²) in [4.78, 5) is 3.07. The lowest BCUT2D eigenvalue weighted by atomic mass is 10.2. The Balaban J connectivity index is 3.10. The summed E-state index contributed by atoms with van der Waals surface area (Å²) in [6.45, 7) is 0. The average Bonchev–Trinajstić information content (AvgIpc) is 1.96. The molecule has 0 aliphatic rings. The molecule has 1 aromatic heterocycles. The minimum absolute atomic E-state index is 0.297. The van der Waals surface area contributed by atoms with Crippen LogP contribution in [-0.4, -0.2) is 11.3 Å². The van der Waals surface area contributed by atoms with Crippen molar-refractivity contribution in [3.05, 3.63) is 16.1 Å². The van der Waals surface area contributed by atoms with Crippen LogP contribution in [0.4, 0.5) is 27.8 Å². The summed E-state index contributed by atoms with van der Waals surface area (Å²) in [5, 5.41) is 0. The van der Waals surface area contributed by atoms with Crippen molar-refractivity contribution in [3.63, 3.8) is 0 Å². The second-order valence-electron chi connectivity index (χ2n) is 2.59. The fraction of sp³-hybridized carbons (Fsp3) is 0.286. The Kier molecular flexibility index (Phi) is 3.56. The predicted octanol–water partition coefficient (Wildman–Crippen LogP) is 3.26. The molecule has 0 amide bonds. The minimum atomic E-state index is -4.95. The van der Waals surface area contributed by atoms with Crippen LogP contribution in [-0.2, 0) is 0 Å². The topological polar surface area (TPSA) is 48.1 Å². The number of nitrogens with zero attached hydrogens (tertiary/aromatic N) is 1. The van der Waals surface area contributed by atoms with E-state index >= 15 is 0 Å². The largest absolute Gasteiger partial charge is 0.574 e. The number of rotatable bonds is 2. The Hall–Kier alpha value is -1.12. The first-order chi connectivity index (χ1) is 7.20. The van der Waals surface area contributed by atoms with Crippen LogP contribution in [0.15, 0.2) is 10.5 Å². The van der Waals surface area contributed by atoms with E-state index in [1.54, 1.807) is 0 Å². The molecule has 16 heavy (non-hydrogen) atoms. The fourth-order valence-electron chi connectivity index (χ4n) is 0.907. The van der Waals surface area contributed by atoms with Crippen molar-refractivity contribution >= 4 is 21.7 Å². The highest BCUT2D eigenvalue weighted by molar-refractivity contribution is 9.10. The molecule has 0 atom stereocenters. The van der Waals surface area contributed by atoms with Crippen molar-refractivity contribution in [2.24, 2.45) is 0 Å². The Morgan fingerprint density at radius 1 is 1.38 bits per heavy atom. The van der Waals surface area contributed by atoms with Crippen LogP contribution in [0.3, 0.4) is 0 Å². The number of ether oxygens (including phenoxy) is 1. The number of pyridine rings is 1. The number of alkyl halides is 5. The van der Waals surface area contributed by atoms with E-state index in [4.69, 9.17) is 5.73 Å². The van der Waals surface area contributed by atoms with Gasteiger partial charge in [0.15, 0.2) is 0 Å². The molecule has 1 heterocycles. The van der Waals surface area contributed by atoms with E-state index in [2.05, 4.69) is 25.7 Å². The lowest BCUT2D eigenvalue weighted by Gasteiger charge is -2.11. The molecular formula is C7H4BrF5N2O. The number of nitrogen functional groups attached to an aromatic ring is 1. The Bertz CT molecular complexity index is 372. The maximum Gasteiger partial charge on any atom is 0.574 e. The Morgan fingerprint density at radius 3 is 2.31 bits per heavy atom. The van der Waals surface area contributed by atoms with Crippen molar-refractivity contribution in [1.82, 2.24) is 4.98 Å². The van der Waals surface area contributed by atoms with Crippen molar-refractivity contribution in [1.29, 1.82) is 0 Å². The number of halogens is 6. The van der Waals surface area contributed by atoms with Crippen LogP contribution in [0.5, 0.6) is 5.88 Å². The van der Waals surface area contributed by atoms with Crippen LogP contribution in [0.1, 0.15) is 12.0 Å². The molecule has 3 nitrogen and oxygen atoms in total. The molecule has 0 unspecified atom stereocenters. The van der Waals surface area contributed by atoms with Crippen molar-refractivity contribution in [3.8, 4) is 5.88 Å². The van der Waals surface area contributed by atoms with Gasteiger partial charge in [0, 0.05) is 10.5 Å². The fourth-order valence-corrected chi connectivity index (χ4v) is 1.48. The molecule has 0 spiro atoms. The third kappa shape index (κ3) is 3.19. The second-order valence-corrected chi connectivity index (χ2v) is 3.44. The zero-order valence-electron chi connectivity index (χ0n) is 7.36. The monoisotopic (exact) mass is 306 g/mol. The first-order valence-electron chi connectivity index (χ1n) is 3.70. The Morgan fingerprint density at radius 2 is 1.94 bits per heavy atom. The molecule has 0 aromatic carbocycles. The highest BCUT2D eigenvalue weighted by Gasteiger charge is 2.32. The zero-order valence-corrected chi connectivity index (χ0v) is 8.94. The number of hydrogen-bond acceptors (Lipinski definition) is 3. The first-order valence-corrected chi connectivity index (χ1v) is 4.50. The maximum absolute atomic E-state index is 12.3. The zero-order chi connectivity index (χ0) is 12.5. The lowest BCUT2D eigenvalue weighted by Crippen LogP contribution is -2.18. The summed E-state index contributed by atoms with van der Waals surface area (Å²) < 4.78 is 63.2. The molecule has 0 saturated carbocycles. The molecule has 1 aromatic rings. The normalized spacial score (nSPS) is 11.9. The predicted molar refractivity (Wildman–Crippen MR) is 48.0 cm³/mol. The van der Waals surface area contributed by atoms with Gasteiger partial charge in [-0.3, -0.25) is 0 Å². The van der Waals surface area contributed by atoms with Gasteiger partial charge < -0.3 is 10.5 Å². The molecule has 0 aliphatic heterocycles. The molecule has 0 bridgehead atoms. The van der Waals surface area contributed by atoms with E-state index in [1.807, 2.05) is 0 Å². The van der Waals surface area contributed by atoms with Crippen LogP contribution < -0.4 is 10.5 Å². The highest BCUT2D eigenvalue weighted by Crippen LogP contribution is 2.34. The number of hydrogen-bond donors (Lipinski definition) is 1. The quantitative estimate of drug-likeness (QED) is 0.853. The summed E-state index contributed by atoms with van der Waals surface area (Å²) in [6, 6.07) is 0.672. The van der Waals surface area contributed by atoms with Crippen molar-refractivity contribution in [2.45, 2.75) is 12.8 Å². The average molecular weight is 307 g/mol. The first kappa shape index (κ1) is 12.9. The van der Waals surface area contributed by atoms with E-state index in [0.29, 0.717) is 6.07 Å². The second kappa shape index (κ2) is 4.40. The van der Waals surface area contributed by atoms with Gasteiger partial charge in [0.2, 0.25) is 5.88 Å². The SMILES string of the molecule is Nc1nc(OC(F)(F)F)cc(Br)c1C(F)F. The third-order valence-electron chi connectivity index (χ3n) is 1.45. The number of nitrogens with two attached hydrogens (primary N) is 1. The number of aromatic nitrogens is 1. The third-order valence-corrected chi connectivity index (χ3v) is 2.11. The van der Waals surface area contributed by atoms with Gasteiger partial charge in [-0.15, -0.1) is 13.2 Å². The van der Waals surface area contributed by atoms with Gasteiger partial charge >= 0.3 is 6.36 Å². The van der Waals surface area contributed by atoms with Gasteiger partial charge in [-0.2, -0.15) is 4.98 Å². The minimum Gasteiger partial charge on any atom is -0.388 e. The smallest absolute Gasteiger partial charge is 0.388 e. The van der Waals surface area contributed by atoms with E-state index < -0.39 is 30.0 Å². The molecule has 1 rings (SSSR count). The molecule has 0 radical (unpaired) electrons. The number of anilines is 1. The Labute approximate surface area is 94.5 Å². The summed E-state index contributed by atoms with van der Waals surface area (Å²) >= 11 is 2.66. The van der Waals surface area contributed by atoms with Gasteiger partial charge in [0.1, 0.15) is 5.82 Å². The standard InChI is InChI=1S/C7H4BrF5N2O/c8-2-1-3(16-7(11,12)13)15-6(14)4(2)5(9)10/h1,5H,(H2,14,15). The molecule has 9 heteroatoms. The van der Waals surface area contributed by atoms with Crippen LogP contribution in [0.2, 0.25) is 0 Å². The van der Waals surface area contributed by atoms with Crippen molar-refractivity contribution in [2.75, 3.05) is 5.73 Å². The van der Waals surface area contributed by atoms with Crippen LogP contribution >= 0.6 is 15.9 Å². The summed E-state index contributed by atoms with van der Waals surface area (Å²) in [7, 11) is 0. The summed E-state index contributed by atoms with van der Waals surface area (Å²) in [5.74, 6) is -1.62.